The van der Waals surface area contributed by atoms with E-state index in [2.05, 4.69) is 0 Å². The topological polar surface area (TPSA) is 66.5 Å². The van der Waals surface area contributed by atoms with Crippen molar-refractivity contribution in [2.75, 3.05) is 6.61 Å². The van der Waals surface area contributed by atoms with Crippen molar-refractivity contribution in [2.24, 2.45) is 5.73 Å². The number of aliphatic hydroxyl groups excluding tert-OH is 1. The Kier molecular flexibility index (Phi) is 3.77. The number of benzene rings is 1. The zero-order chi connectivity index (χ0) is 12.3. The first-order chi connectivity index (χ1) is 7.32. The predicted molar refractivity (Wildman–Crippen MR) is 51.9 cm³/mol. The van der Waals surface area contributed by atoms with Gasteiger partial charge in [-0.3, -0.25) is 0 Å². The SMILES string of the molecule is NC(CO)Cc1cc(O)cc(C(F)(F)F)c1. The molecule has 0 saturated heterocycles. The second kappa shape index (κ2) is 4.71. The number of hydrogen-bond acceptors (Lipinski definition) is 3. The van der Waals surface area contributed by atoms with E-state index in [4.69, 9.17) is 15.9 Å². The van der Waals surface area contributed by atoms with Crippen molar-refractivity contribution >= 4 is 0 Å². The first kappa shape index (κ1) is 12.8. The predicted octanol–water partition coefficient (Wildman–Crippen LogP) is 1.27. The minimum absolute atomic E-state index is 0.0774. The van der Waals surface area contributed by atoms with Gasteiger partial charge < -0.3 is 15.9 Å². The van der Waals surface area contributed by atoms with Gasteiger partial charge in [-0.1, -0.05) is 0 Å². The second-order valence-corrected chi connectivity index (χ2v) is 3.53. The Hall–Kier alpha value is -1.27. The Morgan fingerprint density at radius 3 is 2.38 bits per heavy atom. The Morgan fingerprint density at radius 2 is 1.88 bits per heavy atom. The summed E-state index contributed by atoms with van der Waals surface area (Å²) in [6.45, 7) is -0.322. The number of hydrogen-bond donors (Lipinski definition) is 3. The fraction of sp³-hybridized carbons (Fsp3) is 0.400. The molecule has 0 radical (unpaired) electrons. The Balaban J connectivity index is 2.99. The van der Waals surface area contributed by atoms with Crippen molar-refractivity contribution in [3.63, 3.8) is 0 Å². The summed E-state index contributed by atoms with van der Waals surface area (Å²) in [5.41, 5.74) is 4.72. The summed E-state index contributed by atoms with van der Waals surface area (Å²) in [6, 6.07) is 2.12. The van der Waals surface area contributed by atoms with Crippen LogP contribution in [-0.2, 0) is 12.6 Å². The number of phenols is 1. The third kappa shape index (κ3) is 3.39. The number of halogens is 3. The third-order valence-electron chi connectivity index (χ3n) is 2.04. The van der Waals surface area contributed by atoms with E-state index >= 15 is 0 Å². The van der Waals surface area contributed by atoms with Gasteiger partial charge in [0.1, 0.15) is 5.75 Å². The highest BCUT2D eigenvalue weighted by Crippen LogP contribution is 2.32. The van der Waals surface area contributed by atoms with Crippen LogP contribution in [0.2, 0.25) is 0 Å². The standard InChI is InChI=1S/C10H12F3NO2/c11-10(12,13)7-1-6(2-8(14)5-15)3-9(16)4-7/h1,3-4,8,15-16H,2,5,14H2. The molecule has 0 spiro atoms. The van der Waals surface area contributed by atoms with E-state index in [0.29, 0.717) is 6.07 Å². The van der Waals surface area contributed by atoms with Crippen molar-refractivity contribution in [1.82, 2.24) is 0 Å². The van der Waals surface area contributed by atoms with Gasteiger partial charge in [0.2, 0.25) is 0 Å². The molecule has 0 aliphatic heterocycles. The highest BCUT2D eigenvalue weighted by atomic mass is 19.4. The second-order valence-electron chi connectivity index (χ2n) is 3.53. The highest BCUT2D eigenvalue weighted by molar-refractivity contribution is 5.35. The lowest BCUT2D eigenvalue weighted by molar-refractivity contribution is -0.137. The van der Waals surface area contributed by atoms with Gasteiger partial charge in [-0.2, -0.15) is 13.2 Å². The van der Waals surface area contributed by atoms with E-state index in [-0.39, 0.29) is 18.6 Å². The smallest absolute Gasteiger partial charge is 0.416 e. The van der Waals surface area contributed by atoms with Crippen LogP contribution in [0.25, 0.3) is 0 Å². The van der Waals surface area contributed by atoms with E-state index in [1.54, 1.807) is 0 Å². The Morgan fingerprint density at radius 1 is 1.25 bits per heavy atom. The maximum atomic E-state index is 12.4. The Bertz CT molecular complexity index is 366. The quantitative estimate of drug-likeness (QED) is 0.739. The average molecular weight is 235 g/mol. The van der Waals surface area contributed by atoms with Crippen molar-refractivity contribution in [1.29, 1.82) is 0 Å². The van der Waals surface area contributed by atoms with Gasteiger partial charge in [-0.25, -0.2) is 0 Å². The lowest BCUT2D eigenvalue weighted by Crippen LogP contribution is -2.26. The normalized spacial score (nSPS) is 13.8. The largest absolute Gasteiger partial charge is 0.508 e. The molecule has 0 heterocycles. The van der Waals surface area contributed by atoms with Crippen LogP contribution in [0.4, 0.5) is 13.2 Å². The molecule has 4 N–H and O–H groups in total. The van der Waals surface area contributed by atoms with Crippen LogP contribution >= 0.6 is 0 Å². The minimum Gasteiger partial charge on any atom is -0.508 e. The first-order valence-corrected chi connectivity index (χ1v) is 4.59. The van der Waals surface area contributed by atoms with Crippen LogP contribution in [0.5, 0.6) is 5.75 Å². The summed E-state index contributed by atoms with van der Waals surface area (Å²) in [7, 11) is 0. The van der Waals surface area contributed by atoms with Gasteiger partial charge in [0.15, 0.2) is 0 Å². The van der Waals surface area contributed by atoms with Gasteiger partial charge in [0.25, 0.3) is 0 Å². The molecule has 6 heteroatoms. The van der Waals surface area contributed by atoms with Gasteiger partial charge in [0.05, 0.1) is 12.2 Å². The van der Waals surface area contributed by atoms with Gasteiger partial charge in [0, 0.05) is 6.04 Å². The van der Waals surface area contributed by atoms with Gasteiger partial charge in [-0.15, -0.1) is 0 Å². The number of aliphatic hydroxyl groups is 1. The molecular weight excluding hydrogens is 223 g/mol. The maximum absolute atomic E-state index is 12.4. The molecule has 16 heavy (non-hydrogen) atoms. The molecule has 1 atom stereocenters. The number of rotatable bonds is 3. The molecule has 1 rings (SSSR count). The number of aromatic hydroxyl groups is 1. The van der Waals surface area contributed by atoms with E-state index in [9.17, 15) is 13.2 Å². The molecule has 1 aromatic carbocycles. The molecule has 0 aromatic heterocycles. The zero-order valence-corrected chi connectivity index (χ0v) is 8.33. The van der Waals surface area contributed by atoms with Crippen LogP contribution in [0.3, 0.4) is 0 Å². The monoisotopic (exact) mass is 235 g/mol. The van der Waals surface area contributed by atoms with E-state index in [0.717, 1.165) is 6.07 Å². The first-order valence-electron chi connectivity index (χ1n) is 4.59. The molecule has 1 unspecified atom stereocenters. The third-order valence-corrected chi connectivity index (χ3v) is 2.04. The van der Waals surface area contributed by atoms with Crippen molar-refractivity contribution < 1.29 is 23.4 Å². The lowest BCUT2D eigenvalue weighted by atomic mass is 10.0. The molecular formula is C10H12F3NO2. The summed E-state index contributed by atoms with van der Waals surface area (Å²) in [6.07, 6.45) is -4.43. The van der Waals surface area contributed by atoms with E-state index in [1.807, 2.05) is 0 Å². The van der Waals surface area contributed by atoms with Crippen LogP contribution in [0, 0.1) is 0 Å². The summed E-state index contributed by atoms with van der Waals surface area (Å²) in [4.78, 5) is 0. The molecule has 0 fully saturated rings. The minimum atomic E-state index is -4.50. The molecule has 0 aliphatic carbocycles. The summed E-state index contributed by atoms with van der Waals surface area (Å²) >= 11 is 0. The van der Waals surface area contributed by atoms with Gasteiger partial charge >= 0.3 is 6.18 Å². The fourth-order valence-corrected chi connectivity index (χ4v) is 1.32. The van der Waals surface area contributed by atoms with Crippen molar-refractivity contribution in [3.8, 4) is 5.75 Å². The average Bonchev–Trinajstić information content (AvgIpc) is 2.15. The maximum Gasteiger partial charge on any atom is 0.416 e. The zero-order valence-electron chi connectivity index (χ0n) is 8.33. The van der Waals surface area contributed by atoms with E-state index in [1.165, 1.54) is 6.07 Å². The molecule has 0 bridgehead atoms. The summed E-state index contributed by atoms with van der Waals surface area (Å²) < 4.78 is 37.1. The molecule has 0 amide bonds. The molecule has 1 aromatic rings. The Labute approximate surface area is 90.3 Å². The van der Waals surface area contributed by atoms with Crippen LogP contribution < -0.4 is 5.73 Å². The summed E-state index contributed by atoms with van der Waals surface area (Å²) in [5.74, 6) is -0.463. The number of alkyl halides is 3. The van der Waals surface area contributed by atoms with Crippen molar-refractivity contribution in [2.45, 2.75) is 18.6 Å². The molecule has 90 valence electrons. The van der Waals surface area contributed by atoms with Gasteiger partial charge in [-0.05, 0) is 30.2 Å². The lowest BCUT2D eigenvalue weighted by Gasteiger charge is -2.12. The fourth-order valence-electron chi connectivity index (χ4n) is 1.32. The molecule has 0 aliphatic rings. The van der Waals surface area contributed by atoms with Crippen LogP contribution in [0.15, 0.2) is 18.2 Å². The van der Waals surface area contributed by atoms with Crippen LogP contribution in [-0.4, -0.2) is 22.9 Å². The summed E-state index contributed by atoms with van der Waals surface area (Å²) in [5, 5.41) is 17.8. The van der Waals surface area contributed by atoms with E-state index < -0.39 is 23.5 Å². The number of nitrogens with two attached hydrogens (primary N) is 1. The highest BCUT2D eigenvalue weighted by Gasteiger charge is 2.31. The molecule has 0 saturated carbocycles. The number of phenolic OH excluding ortho intramolecular Hbond substituents is 1. The van der Waals surface area contributed by atoms with Crippen LogP contribution in [0.1, 0.15) is 11.1 Å². The molecule has 3 nitrogen and oxygen atoms in total. The van der Waals surface area contributed by atoms with Crippen molar-refractivity contribution in [3.05, 3.63) is 29.3 Å².